The van der Waals surface area contributed by atoms with Gasteiger partial charge in [-0.25, -0.2) is 0 Å². The molecule has 21 heavy (non-hydrogen) atoms. The molecule has 5 nitrogen and oxygen atoms in total. The summed E-state index contributed by atoms with van der Waals surface area (Å²) in [5.74, 6) is 1.24. The number of aromatic nitrogens is 3. The third kappa shape index (κ3) is 3.17. The Kier molecular flexibility index (Phi) is 4.08. The molecule has 2 atom stereocenters. The molecule has 0 aliphatic heterocycles. The summed E-state index contributed by atoms with van der Waals surface area (Å²) < 4.78 is 5.36. The Bertz CT molecular complexity index is 681. The molecule has 0 fully saturated rings. The fourth-order valence-corrected chi connectivity index (χ4v) is 2.76. The summed E-state index contributed by atoms with van der Waals surface area (Å²) in [6.07, 6.45) is 3.58. The van der Waals surface area contributed by atoms with Crippen LogP contribution < -0.4 is 5.32 Å². The number of pyridine rings is 1. The van der Waals surface area contributed by atoms with Gasteiger partial charge in [0.05, 0.1) is 10.9 Å². The van der Waals surface area contributed by atoms with Crippen LogP contribution in [0.4, 0.5) is 0 Å². The lowest BCUT2D eigenvalue weighted by Gasteiger charge is -2.17. The van der Waals surface area contributed by atoms with E-state index in [1.165, 1.54) is 5.56 Å². The van der Waals surface area contributed by atoms with Crippen molar-refractivity contribution < 1.29 is 4.52 Å². The zero-order chi connectivity index (χ0) is 14.7. The molecular formula is C15H16N4OS. The summed E-state index contributed by atoms with van der Waals surface area (Å²) in [6, 6.07) is 8.11. The Morgan fingerprint density at radius 3 is 2.67 bits per heavy atom. The second-order valence-electron chi connectivity index (χ2n) is 4.82. The Labute approximate surface area is 127 Å². The second kappa shape index (κ2) is 6.15. The van der Waals surface area contributed by atoms with Crippen LogP contribution in [0.3, 0.4) is 0 Å². The maximum Gasteiger partial charge on any atom is 0.243 e. The number of nitrogens with one attached hydrogen (secondary N) is 1. The quantitative estimate of drug-likeness (QED) is 0.780. The van der Waals surface area contributed by atoms with Crippen molar-refractivity contribution in [2.24, 2.45) is 0 Å². The lowest BCUT2D eigenvalue weighted by molar-refractivity contribution is 0.328. The van der Waals surface area contributed by atoms with Gasteiger partial charge in [-0.05, 0) is 43.0 Å². The SMILES string of the molecule is C[C@@H](N[C@H](C)c1nc(-c2cccs2)no1)c1ccncc1. The zero-order valence-electron chi connectivity index (χ0n) is 11.9. The summed E-state index contributed by atoms with van der Waals surface area (Å²) in [7, 11) is 0. The van der Waals surface area contributed by atoms with Crippen LogP contribution in [0.25, 0.3) is 10.7 Å². The number of nitrogens with zero attached hydrogens (tertiary/aromatic N) is 3. The molecule has 3 rings (SSSR count). The maximum atomic E-state index is 5.36. The van der Waals surface area contributed by atoms with E-state index >= 15 is 0 Å². The van der Waals surface area contributed by atoms with Gasteiger partial charge in [0.1, 0.15) is 0 Å². The fourth-order valence-electron chi connectivity index (χ4n) is 2.11. The predicted octanol–water partition coefficient (Wildman–Crippen LogP) is 3.60. The van der Waals surface area contributed by atoms with E-state index in [-0.39, 0.29) is 12.1 Å². The van der Waals surface area contributed by atoms with Crippen molar-refractivity contribution in [1.82, 2.24) is 20.4 Å². The van der Waals surface area contributed by atoms with Gasteiger partial charge in [0.15, 0.2) is 0 Å². The largest absolute Gasteiger partial charge is 0.337 e. The van der Waals surface area contributed by atoms with E-state index in [2.05, 4.69) is 27.4 Å². The van der Waals surface area contributed by atoms with E-state index < -0.39 is 0 Å². The van der Waals surface area contributed by atoms with Crippen molar-refractivity contribution >= 4 is 11.3 Å². The molecule has 0 aliphatic rings. The van der Waals surface area contributed by atoms with Crippen LogP contribution in [0, 0.1) is 0 Å². The van der Waals surface area contributed by atoms with Gasteiger partial charge in [0, 0.05) is 18.4 Å². The molecule has 3 heterocycles. The van der Waals surface area contributed by atoms with Crippen LogP contribution in [0.1, 0.15) is 37.4 Å². The molecule has 6 heteroatoms. The van der Waals surface area contributed by atoms with Crippen molar-refractivity contribution in [3.8, 4) is 10.7 Å². The minimum Gasteiger partial charge on any atom is -0.337 e. The molecule has 0 bridgehead atoms. The standard InChI is InChI=1S/C15H16N4OS/c1-10(12-5-7-16-8-6-12)17-11(2)15-18-14(19-20-15)13-4-3-9-21-13/h3-11,17H,1-2H3/t10-,11-/m1/s1. The number of rotatable bonds is 5. The van der Waals surface area contributed by atoms with E-state index in [4.69, 9.17) is 4.52 Å². The summed E-state index contributed by atoms with van der Waals surface area (Å²) in [4.78, 5) is 9.50. The first kappa shape index (κ1) is 13.9. The van der Waals surface area contributed by atoms with Crippen LogP contribution in [-0.4, -0.2) is 15.1 Å². The van der Waals surface area contributed by atoms with Crippen molar-refractivity contribution in [2.45, 2.75) is 25.9 Å². The van der Waals surface area contributed by atoms with Gasteiger partial charge in [-0.15, -0.1) is 11.3 Å². The van der Waals surface area contributed by atoms with E-state index in [1.54, 1.807) is 23.7 Å². The van der Waals surface area contributed by atoms with Crippen LogP contribution >= 0.6 is 11.3 Å². The van der Waals surface area contributed by atoms with E-state index in [1.807, 2.05) is 36.6 Å². The monoisotopic (exact) mass is 300 g/mol. The van der Waals surface area contributed by atoms with Crippen LogP contribution in [-0.2, 0) is 0 Å². The third-order valence-corrected chi connectivity index (χ3v) is 4.13. The smallest absolute Gasteiger partial charge is 0.243 e. The van der Waals surface area contributed by atoms with Crippen LogP contribution in [0.5, 0.6) is 0 Å². The predicted molar refractivity (Wildman–Crippen MR) is 81.8 cm³/mol. The molecule has 0 unspecified atom stereocenters. The molecule has 0 radical (unpaired) electrons. The van der Waals surface area contributed by atoms with Crippen LogP contribution in [0.2, 0.25) is 0 Å². The average molecular weight is 300 g/mol. The van der Waals surface area contributed by atoms with Crippen LogP contribution in [0.15, 0.2) is 46.6 Å². The highest BCUT2D eigenvalue weighted by atomic mass is 32.1. The molecule has 1 N–H and O–H groups in total. The summed E-state index contributed by atoms with van der Waals surface area (Å²) in [5, 5.41) is 9.48. The summed E-state index contributed by atoms with van der Waals surface area (Å²) in [6.45, 7) is 4.12. The first-order chi connectivity index (χ1) is 10.2. The number of hydrogen-bond acceptors (Lipinski definition) is 6. The molecular weight excluding hydrogens is 284 g/mol. The molecule has 0 saturated heterocycles. The Balaban J connectivity index is 1.70. The third-order valence-electron chi connectivity index (χ3n) is 3.26. The highest BCUT2D eigenvalue weighted by Gasteiger charge is 2.18. The first-order valence-electron chi connectivity index (χ1n) is 6.77. The lowest BCUT2D eigenvalue weighted by atomic mass is 10.1. The van der Waals surface area contributed by atoms with Gasteiger partial charge >= 0.3 is 0 Å². The molecule has 3 aromatic rings. The molecule has 0 spiro atoms. The highest BCUT2D eigenvalue weighted by Crippen LogP contribution is 2.24. The minimum atomic E-state index is -0.0191. The van der Waals surface area contributed by atoms with Gasteiger partial charge in [0.25, 0.3) is 0 Å². The van der Waals surface area contributed by atoms with Crippen molar-refractivity contribution in [1.29, 1.82) is 0 Å². The molecule has 0 aromatic carbocycles. The van der Waals surface area contributed by atoms with Gasteiger partial charge < -0.3 is 4.52 Å². The maximum absolute atomic E-state index is 5.36. The number of thiophene rings is 1. The molecule has 0 saturated carbocycles. The molecule has 3 aromatic heterocycles. The second-order valence-corrected chi connectivity index (χ2v) is 5.77. The highest BCUT2D eigenvalue weighted by molar-refractivity contribution is 7.13. The van der Waals surface area contributed by atoms with E-state index in [9.17, 15) is 0 Å². The van der Waals surface area contributed by atoms with Gasteiger partial charge in [-0.1, -0.05) is 11.2 Å². The Morgan fingerprint density at radius 1 is 1.14 bits per heavy atom. The summed E-state index contributed by atoms with van der Waals surface area (Å²) >= 11 is 1.60. The Morgan fingerprint density at radius 2 is 1.95 bits per heavy atom. The normalized spacial score (nSPS) is 14.0. The molecule has 0 amide bonds. The van der Waals surface area contributed by atoms with Gasteiger partial charge in [0.2, 0.25) is 11.7 Å². The lowest BCUT2D eigenvalue weighted by Crippen LogP contribution is -2.22. The zero-order valence-corrected chi connectivity index (χ0v) is 12.7. The van der Waals surface area contributed by atoms with Gasteiger partial charge in [-0.2, -0.15) is 4.98 Å². The van der Waals surface area contributed by atoms with E-state index in [0.717, 1.165) is 4.88 Å². The van der Waals surface area contributed by atoms with E-state index in [0.29, 0.717) is 11.7 Å². The summed E-state index contributed by atoms with van der Waals surface area (Å²) in [5.41, 5.74) is 1.18. The molecule has 108 valence electrons. The van der Waals surface area contributed by atoms with Crippen molar-refractivity contribution in [3.05, 3.63) is 53.5 Å². The average Bonchev–Trinajstić information content (AvgIpc) is 3.19. The first-order valence-corrected chi connectivity index (χ1v) is 7.65. The molecule has 0 aliphatic carbocycles. The number of hydrogen-bond donors (Lipinski definition) is 1. The Hall–Kier alpha value is -2.05. The minimum absolute atomic E-state index is 0.0191. The van der Waals surface area contributed by atoms with Crippen molar-refractivity contribution in [2.75, 3.05) is 0 Å². The topological polar surface area (TPSA) is 63.8 Å². The fraction of sp³-hybridized carbons (Fsp3) is 0.267. The van der Waals surface area contributed by atoms with Crippen molar-refractivity contribution in [3.63, 3.8) is 0 Å². The van der Waals surface area contributed by atoms with Gasteiger partial charge in [-0.3, -0.25) is 10.3 Å².